The molecular formula is C24H34N3O2+. The molecule has 1 aliphatic rings. The van der Waals surface area contributed by atoms with Gasteiger partial charge in [-0.05, 0) is 30.0 Å². The Hall–Kier alpha value is -2.53. The van der Waals surface area contributed by atoms with Crippen molar-refractivity contribution < 1.29 is 14.4 Å². The lowest BCUT2D eigenvalue weighted by Crippen LogP contribution is -3.16. The Labute approximate surface area is 174 Å². The number of amides is 1. The predicted molar refractivity (Wildman–Crippen MR) is 118 cm³/mol. The highest BCUT2D eigenvalue weighted by Gasteiger charge is 2.24. The van der Waals surface area contributed by atoms with Crippen molar-refractivity contribution in [2.75, 3.05) is 44.7 Å². The number of benzene rings is 2. The third-order valence-corrected chi connectivity index (χ3v) is 5.54. The van der Waals surface area contributed by atoms with Gasteiger partial charge in [-0.1, -0.05) is 50.2 Å². The Kier molecular flexibility index (Phi) is 7.53. The summed E-state index contributed by atoms with van der Waals surface area (Å²) in [7, 11) is 1.70. The van der Waals surface area contributed by atoms with E-state index in [-0.39, 0.29) is 11.9 Å². The van der Waals surface area contributed by atoms with Gasteiger partial charge in [0, 0.05) is 11.8 Å². The van der Waals surface area contributed by atoms with Crippen molar-refractivity contribution in [3.8, 4) is 5.75 Å². The molecule has 0 spiro atoms. The van der Waals surface area contributed by atoms with Gasteiger partial charge < -0.3 is 19.9 Å². The summed E-state index contributed by atoms with van der Waals surface area (Å²) in [5.41, 5.74) is 2.38. The Balaban J connectivity index is 1.52. The molecule has 0 aromatic heterocycles. The molecule has 0 radical (unpaired) electrons. The maximum Gasteiger partial charge on any atom is 0.275 e. The number of quaternary nitrogens is 1. The van der Waals surface area contributed by atoms with Gasteiger partial charge in [0.05, 0.1) is 39.3 Å². The van der Waals surface area contributed by atoms with E-state index in [1.165, 1.54) is 16.2 Å². The normalized spacial score (nSPS) is 15.9. The second kappa shape index (κ2) is 10.3. The molecule has 3 rings (SSSR count). The summed E-state index contributed by atoms with van der Waals surface area (Å²) in [4.78, 5) is 16.5. The van der Waals surface area contributed by atoms with Crippen LogP contribution in [0.1, 0.15) is 31.9 Å². The van der Waals surface area contributed by atoms with E-state index in [1.54, 1.807) is 7.11 Å². The summed E-state index contributed by atoms with van der Waals surface area (Å²) in [6.45, 7) is 8.76. The lowest BCUT2D eigenvalue weighted by atomic mass is 9.97. The number of rotatable bonds is 8. The number of methoxy groups -OCH3 is 1. The number of anilines is 1. The van der Waals surface area contributed by atoms with Crippen LogP contribution in [0.3, 0.4) is 0 Å². The van der Waals surface area contributed by atoms with Gasteiger partial charge in [-0.2, -0.15) is 0 Å². The first kappa shape index (κ1) is 21.2. The molecule has 0 bridgehead atoms. The van der Waals surface area contributed by atoms with Gasteiger partial charge in [-0.25, -0.2) is 0 Å². The highest BCUT2D eigenvalue weighted by molar-refractivity contribution is 5.77. The molecule has 1 fully saturated rings. The Morgan fingerprint density at radius 2 is 1.83 bits per heavy atom. The Bertz CT molecular complexity index is 771. The number of hydrogen-bond acceptors (Lipinski definition) is 3. The van der Waals surface area contributed by atoms with E-state index in [4.69, 9.17) is 4.74 Å². The van der Waals surface area contributed by atoms with Crippen molar-refractivity contribution >= 4 is 11.6 Å². The minimum absolute atomic E-state index is 0.0844. The number of ether oxygens (including phenoxy) is 1. The van der Waals surface area contributed by atoms with Crippen LogP contribution in [0.25, 0.3) is 0 Å². The second-order valence-electron chi connectivity index (χ2n) is 8.28. The molecule has 2 aromatic rings. The lowest BCUT2D eigenvalue weighted by molar-refractivity contribution is -0.892. The summed E-state index contributed by atoms with van der Waals surface area (Å²) in [5, 5.41) is 3.28. The van der Waals surface area contributed by atoms with Crippen LogP contribution in [-0.2, 0) is 4.79 Å². The van der Waals surface area contributed by atoms with Crippen molar-refractivity contribution in [2.45, 2.75) is 26.3 Å². The van der Waals surface area contributed by atoms with E-state index in [2.05, 4.69) is 48.3 Å². The fourth-order valence-corrected chi connectivity index (χ4v) is 3.97. The number of nitrogens with zero attached hydrogens (tertiary/aromatic N) is 1. The van der Waals surface area contributed by atoms with Gasteiger partial charge in [0.25, 0.3) is 5.91 Å². The largest absolute Gasteiger partial charge is 0.497 e. The molecule has 5 nitrogen and oxygen atoms in total. The van der Waals surface area contributed by atoms with Crippen molar-refractivity contribution in [3.05, 3.63) is 60.2 Å². The number of carbonyl (C=O) groups is 1. The standard InChI is InChI=1S/C24H33N3O2/c1-19(2)16-23(20-8-5-4-6-9-20)25-24(28)18-26-12-14-27(15-13-26)21-10-7-11-22(17-21)29-3/h4-11,17,19,23H,12-16,18H2,1-3H3,(H,25,28)/p+1/t23-/m1/s1. The molecule has 1 heterocycles. The fraction of sp³-hybridized carbons (Fsp3) is 0.458. The minimum atomic E-state index is 0.0844. The quantitative estimate of drug-likeness (QED) is 0.720. The third-order valence-electron chi connectivity index (χ3n) is 5.54. The monoisotopic (exact) mass is 396 g/mol. The minimum Gasteiger partial charge on any atom is -0.497 e. The van der Waals surface area contributed by atoms with E-state index in [0.717, 1.165) is 38.3 Å². The van der Waals surface area contributed by atoms with Crippen LogP contribution >= 0.6 is 0 Å². The van der Waals surface area contributed by atoms with Gasteiger partial charge >= 0.3 is 0 Å². The third kappa shape index (κ3) is 6.23. The van der Waals surface area contributed by atoms with Crippen LogP contribution in [0, 0.1) is 5.92 Å². The molecule has 1 atom stereocenters. The maximum absolute atomic E-state index is 12.7. The van der Waals surface area contributed by atoms with Crippen molar-refractivity contribution in [2.24, 2.45) is 5.92 Å². The highest BCUT2D eigenvalue weighted by Crippen LogP contribution is 2.21. The fourth-order valence-electron chi connectivity index (χ4n) is 3.97. The average molecular weight is 397 g/mol. The molecule has 1 aliphatic heterocycles. The van der Waals surface area contributed by atoms with Gasteiger partial charge in [0.2, 0.25) is 0 Å². The zero-order valence-corrected chi connectivity index (χ0v) is 17.9. The van der Waals surface area contributed by atoms with Crippen LogP contribution in [-0.4, -0.2) is 45.7 Å². The first-order valence-electron chi connectivity index (χ1n) is 10.6. The molecule has 0 saturated carbocycles. The molecule has 29 heavy (non-hydrogen) atoms. The molecule has 5 heteroatoms. The SMILES string of the molecule is COc1cccc(N2CC[NH+](CC(=O)N[C@H](CC(C)C)c3ccccc3)CC2)c1. The molecule has 1 saturated heterocycles. The number of piperazine rings is 1. The average Bonchev–Trinajstić information content (AvgIpc) is 2.74. The molecule has 2 N–H and O–H groups in total. The number of hydrogen-bond donors (Lipinski definition) is 2. The molecular weight excluding hydrogens is 362 g/mol. The molecule has 2 aromatic carbocycles. The summed E-state index contributed by atoms with van der Waals surface area (Å²) in [5.74, 6) is 1.55. The summed E-state index contributed by atoms with van der Waals surface area (Å²) in [6.07, 6.45) is 0.953. The van der Waals surface area contributed by atoms with Gasteiger partial charge in [0.15, 0.2) is 6.54 Å². The first-order valence-corrected chi connectivity index (χ1v) is 10.6. The van der Waals surface area contributed by atoms with Crippen LogP contribution in [0.2, 0.25) is 0 Å². The lowest BCUT2D eigenvalue weighted by Gasteiger charge is -2.33. The van der Waals surface area contributed by atoms with Gasteiger partial charge in [-0.15, -0.1) is 0 Å². The summed E-state index contributed by atoms with van der Waals surface area (Å²) >= 11 is 0. The van der Waals surface area contributed by atoms with Crippen LogP contribution in [0.5, 0.6) is 5.75 Å². The number of carbonyl (C=O) groups excluding carboxylic acids is 1. The highest BCUT2D eigenvalue weighted by atomic mass is 16.5. The molecule has 156 valence electrons. The van der Waals surface area contributed by atoms with E-state index in [9.17, 15) is 4.79 Å². The van der Waals surface area contributed by atoms with Gasteiger partial charge in [-0.3, -0.25) is 4.79 Å². The van der Waals surface area contributed by atoms with E-state index in [0.29, 0.717) is 12.5 Å². The Morgan fingerprint density at radius 1 is 1.10 bits per heavy atom. The topological polar surface area (TPSA) is 46.0 Å². The number of nitrogens with one attached hydrogen (secondary N) is 2. The molecule has 0 aliphatic carbocycles. The van der Waals surface area contributed by atoms with Crippen molar-refractivity contribution in [1.29, 1.82) is 0 Å². The smallest absolute Gasteiger partial charge is 0.275 e. The Morgan fingerprint density at radius 3 is 2.48 bits per heavy atom. The van der Waals surface area contributed by atoms with Crippen molar-refractivity contribution in [1.82, 2.24) is 5.32 Å². The maximum atomic E-state index is 12.7. The van der Waals surface area contributed by atoms with Gasteiger partial charge in [0.1, 0.15) is 5.75 Å². The first-order chi connectivity index (χ1) is 14.0. The van der Waals surface area contributed by atoms with Crippen molar-refractivity contribution in [3.63, 3.8) is 0 Å². The predicted octanol–water partition coefficient (Wildman–Crippen LogP) is 2.30. The molecule has 1 amide bonds. The molecule has 0 unspecified atom stereocenters. The second-order valence-corrected chi connectivity index (χ2v) is 8.28. The van der Waals surface area contributed by atoms with Crippen LogP contribution in [0.4, 0.5) is 5.69 Å². The van der Waals surface area contributed by atoms with E-state index < -0.39 is 0 Å². The summed E-state index contributed by atoms with van der Waals surface area (Å²) in [6, 6.07) is 18.6. The van der Waals surface area contributed by atoms with E-state index >= 15 is 0 Å². The van der Waals surface area contributed by atoms with E-state index in [1.807, 2.05) is 30.3 Å². The zero-order chi connectivity index (χ0) is 20.6. The van der Waals surface area contributed by atoms with Crippen LogP contribution in [0.15, 0.2) is 54.6 Å². The summed E-state index contributed by atoms with van der Waals surface area (Å²) < 4.78 is 5.34. The van der Waals surface area contributed by atoms with Crippen LogP contribution < -0.4 is 19.9 Å². The zero-order valence-electron chi connectivity index (χ0n) is 17.9.